The summed E-state index contributed by atoms with van der Waals surface area (Å²) in [7, 11) is 0. The molecule has 2 aromatic heterocycles. The van der Waals surface area contributed by atoms with E-state index in [0.717, 1.165) is 79.4 Å². The Balaban J connectivity index is 1.21. The molecule has 0 aliphatic carbocycles. The second-order valence-corrected chi connectivity index (χ2v) is 13.9. The number of furan rings is 2. The number of hydrogen-bond donors (Lipinski definition) is 0. The largest absolute Gasteiger partial charge is 0.456 e. The lowest BCUT2D eigenvalue weighted by atomic mass is 9.87. The summed E-state index contributed by atoms with van der Waals surface area (Å²) in [6.07, 6.45) is 1.70. The fourth-order valence-corrected chi connectivity index (χ4v) is 8.07. The second-order valence-electron chi connectivity index (χ2n) is 13.9. The van der Waals surface area contributed by atoms with Gasteiger partial charge in [0.05, 0.1) is 11.8 Å². The van der Waals surface area contributed by atoms with Gasteiger partial charge in [0.25, 0.3) is 0 Å². The number of hydrogen-bond acceptors (Lipinski definition) is 4. The summed E-state index contributed by atoms with van der Waals surface area (Å²) in [5.41, 5.74) is 8.97. The first-order valence-electron chi connectivity index (χ1n) is 17.5. The van der Waals surface area contributed by atoms with Crippen LogP contribution in [0.5, 0.6) is 0 Å². The fourth-order valence-electron chi connectivity index (χ4n) is 8.07. The first kappa shape index (κ1) is 29.0. The lowest BCUT2D eigenvalue weighted by molar-refractivity contribution is 0.488. The number of amidine groups is 1. The Labute approximate surface area is 289 Å². The lowest BCUT2D eigenvalue weighted by Crippen LogP contribution is -2.17. The molecule has 2 unspecified atom stereocenters. The molecular weight excluding hydrogens is 613 g/mol. The minimum Gasteiger partial charge on any atom is -0.456 e. The highest BCUT2D eigenvalue weighted by atomic mass is 16.3. The molecule has 4 nitrogen and oxygen atoms in total. The summed E-state index contributed by atoms with van der Waals surface area (Å²) >= 11 is 0. The molecule has 50 heavy (non-hydrogen) atoms. The van der Waals surface area contributed by atoms with Crippen LogP contribution in [0.25, 0.3) is 65.4 Å². The van der Waals surface area contributed by atoms with E-state index in [2.05, 4.69) is 135 Å². The minimum atomic E-state index is -0.0511. The topological polar surface area (TPSA) is 51.0 Å². The molecule has 0 saturated heterocycles. The molecule has 4 heteroatoms. The Morgan fingerprint density at radius 1 is 0.600 bits per heavy atom. The smallest absolute Gasteiger partial charge is 0.155 e. The maximum absolute atomic E-state index is 6.77. The summed E-state index contributed by atoms with van der Waals surface area (Å²) in [5, 5.41) is 9.30. The summed E-state index contributed by atoms with van der Waals surface area (Å²) in [6.45, 7) is 4.50. The molecule has 3 heterocycles. The molecule has 1 aliphatic rings. The van der Waals surface area contributed by atoms with Crippen molar-refractivity contribution in [3.63, 3.8) is 0 Å². The van der Waals surface area contributed by atoms with Gasteiger partial charge in [0.1, 0.15) is 22.3 Å². The van der Waals surface area contributed by atoms with E-state index in [-0.39, 0.29) is 6.04 Å². The predicted molar refractivity (Wildman–Crippen MR) is 208 cm³/mol. The van der Waals surface area contributed by atoms with Crippen LogP contribution in [0.4, 0.5) is 0 Å². The number of benzene rings is 7. The van der Waals surface area contributed by atoms with Crippen LogP contribution in [-0.2, 0) is 0 Å². The molecule has 0 N–H and O–H groups in total. The van der Waals surface area contributed by atoms with Gasteiger partial charge in [0.2, 0.25) is 0 Å². The van der Waals surface area contributed by atoms with Crippen molar-refractivity contribution in [1.29, 1.82) is 0 Å². The van der Waals surface area contributed by atoms with Crippen molar-refractivity contribution in [3.8, 4) is 0 Å². The third-order valence-electron chi connectivity index (χ3n) is 10.5. The summed E-state index contributed by atoms with van der Waals surface area (Å²) in [6, 6.07) is 47.1. The van der Waals surface area contributed by atoms with Gasteiger partial charge >= 0.3 is 0 Å². The highest BCUT2D eigenvalue weighted by Crippen LogP contribution is 2.39. The molecule has 240 valence electrons. The van der Waals surface area contributed by atoms with E-state index in [4.69, 9.17) is 18.8 Å². The zero-order valence-corrected chi connectivity index (χ0v) is 28.0. The van der Waals surface area contributed by atoms with Gasteiger partial charge in [-0.15, -0.1) is 0 Å². The predicted octanol–water partition coefficient (Wildman–Crippen LogP) is 12.5. The molecular formula is C46H34N2O2. The van der Waals surface area contributed by atoms with Gasteiger partial charge in [0, 0.05) is 32.7 Å². The van der Waals surface area contributed by atoms with Crippen molar-refractivity contribution in [1.82, 2.24) is 0 Å². The van der Waals surface area contributed by atoms with E-state index in [1.54, 1.807) is 0 Å². The Morgan fingerprint density at radius 2 is 1.34 bits per heavy atom. The standard InChI is InChI=1S/C46H34N2O2/c1-27-22-39(34-16-9-13-29-10-5-6-14-33(29)34)47-46(32-19-21-42-37(25-32)35-15-7-8-17-41(35)49-42)48-40(23-27)36-20-18-28(2)44-38-24-30-11-3-4-12-31(30)26-43(38)50-45(36)44/h3-21,24-27,39H,22-23H2,1-2H3. The number of rotatable bonds is 3. The molecule has 0 spiro atoms. The molecule has 0 amide bonds. The Bertz CT molecular complexity index is 2860. The SMILES string of the molecule is Cc1ccc(C2=NC(c3ccc4oc5ccccc5c4c3)=NC(c3cccc4ccccc34)CC(C)C2)c2oc3cc4ccccc4cc3c12. The van der Waals surface area contributed by atoms with E-state index in [1.165, 1.54) is 32.7 Å². The van der Waals surface area contributed by atoms with Gasteiger partial charge in [-0.25, -0.2) is 4.99 Å². The molecule has 0 bridgehead atoms. The van der Waals surface area contributed by atoms with Crippen molar-refractivity contribution >= 4 is 77.0 Å². The van der Waals surface area contributed by atoms with Crippen molar-refractivity contribution in [2.75, 3.05) is 0 Å². The first-order chi connectivity index (χ1) is 24.6. The zero-order valence-electron chi connectivity index (χ0n) is 28.0. The molecule has 1 aliphatic heterocycles. The van der Waals surface area contributed by atoms with Gasteiger partial charge in [-0.3, -0.25) is 4.99 Å². The van der Waals surface area contributed by atoms with Gasteiger partial charge in [0.15, 0.2) is 5.84 Å². The van der Waals surface area contributed by atoms with Crippen molar-refractivity contribution < 1.29 is 8.83 Å². The molecule has 2 atom stereocenters. The molecule has 9 aromatic rings. The highest BCUT2D eigenvalue weighted by molar-refractivity contribution is 6.21. The Morgan fingerprint density at radius 3 is 2.22 bits per heavy atom. The minimum absolute atomic E-state index is 0.0511. The van der Waals surface area contributed by atoms with Crippen molar-refractivity contribution in [3.05, 3.63) is 156 Å². The van der Waals surface area contributed by atoms with Gasteiger partial charge in [-0.05, 0) is 101 Å². The number of fused-ring (bicyclic) bond motifs is 8. The van der Waals surface area contributed by atoms with E-state index in [0.29, 0.717) is 5.92 Å². The quantitative estimate of drug-likeness (QED) is 0.192. The van der Waals surface area contributed by atoms with E-state index in [1.807, 2.05) is 12.1 Å². The molecule has 0 radical (unpaired) electrons. The molecule has 0 saturated carbocycles. The van der Waals surface area contributed by atoms with Crippen LogP contribution >= 0.6 is 0 Å². The third kappa shape index (κ3) is 4.67. The van der Waals surface area contributed by atoms with E-state index >= 15 is 0 Å². The maximum atomic E-state index is 6.77. The second kappa shape index (κ2) is 11.3. The first-order valence-corrected chi connectivity index (χ1v) is 17.5. The molecule has 0 fully saturated rings. The summed E-state index contributed by atoms with van der Waals surface area (Å²) in [5.74, 6) is 1.05. The van der Waals surface area contributed by atoms with Crippen LogP contribution in [0.15, 0.2) is 152 Å². The van der Waals surface area contributed by atoms with Crippen LogP contribution in [0, 0.1) is 12.8 Å². The van der Waals surface area contributed by atoms with E-state index in [9.17, 15) is 0 Å². The number of para-hydroxylation sites is 1. The van der Waals surface area contributed by atoms with Crippen LogP contribution < -0.4 is 0 Å². The normalized spacial score (nSPS) is 17.1. The summed E-state index contributed by atoms with van der Waals surface area (Å²) in [4.78, 5) is 11.1. The fraction of sp³-hybridized carbons (Fsp3) is 0.130. The van der Waals surface area contributed by atoms with Gasteiger partial charge < -0.3 is 8.83 Å². The maximum Gasteiger partial charge on any atom is 0.155 e. The number of nitrogens with zero attached hydrogens (tertiary/aromatic N) is 2. The van der Waals surface area contributed by atoms with Crippen LogP contribution in [0.2, 0.25) is 0 Å². The lowest BCUT2D eigenvalue weighted by Gasteiger charge is -2.24. The van der Waals surface area contributed by atoms with Gasteiger partial charge in [-0.1, -0.05) is 97.9 Å². The van der Waals surface area contributed by atoms with Gasteiger partial charge in [-0.2, -0.15) is 0 Å². The number of aryl methyl sites for hydroxylation is 1. The number of aliphatic imine (C=N–C) groups is 2. The van der Waals surface area contributed by atoms with Crippen LogP contribution in [-0.4, -0.2) is 11.5 Å². The molecule has 7 aromatic carbocycles. The monoisotopic (exact) mass is 646 g/mol. The highest BCUT2D eigenvalue weighted by Gasteiger charge is 2.26. The van der Waals surface area contributed by atoms with E-state index < -0.39 is 0 Å². The average molecular weight is 647 g/mol. The van der Waals surface area contributed by atoms with Crippen LogP contribution in [0.3, 0.4) is 0 Å². The average Bonchev–Trinajstić information content (AvgIpc) is 3.70. The van der Waals surface area contributed by atoms with Crippen LogP contribution in [0.1, 0.15) is 48.1 Å². The Hall–Kier alpha value is -6.00. The zero-order chi connectivity index (χ0) is 33.3. The third-order valence-corrected chi connectivity index (χ3v) is 10.5. The van der Waals surface area contributed by atoms with Crippen molar-refractivity contribution in [2.45, 2.75) is 32.7 Å². The van der Waals surface area contributed by atoms with Crippen molar-refractivity contribution in [2.24, 2.45) is 15.9 Å². The Kier molecular flexibility index (Phi) is 6.53. The summed E-state index contributed by atoms with van der Waals surface area (Å²) < 4.78 is 13.0. The molecule has 10 rings (SSSR count).